The van der Waals surface area contributed by atoms with E-state index in [0.29, 0.717) is 0 Å². The highest BCUT2D eigenvalue weighted by atomic mass is 16.5. The summed E-state index contributed by atoms with van der Waals surface area (Å²) in [6.45, 7) is 0. The zero-order valence-corrected chi connectivity index (χ0v) is 28.7. The van der Waals surface area contributed by atoms with Crippen LogP contribution in [0.15, 0.2) is 151 Å². The summed E-state index contributed by atoms with van der Waals surface area (Å²) in [5.41, 5.74) is 11.4. The number of para-hydroxylation sites is 4. The third-order valence-electron chi connectivity index (χ3n) is 11.7. The predicted molar refractivity (Wildman–Crippen MR) is 209 cm³/mol. The number of hydrogen-bond donors (Lipinski definition) is 0. The van der Waals surface area contributed by atoms with Gasteiger partial charge in [-0.2, -0.15) is 0 Å². The van der Waals surface area contributed by atoms with E-state index >= 15 is 0 Å². The third kappa shape index (κ3) is 4.18. The molecule has 0 amide bonds. The molecule has 0 bridgehead atoms. The van der Waals surface area contributed by atoms with Crippen molar-refractivity contribution in [3.63, 3.8) is 0 Å². The molecule has 1 aromatic heterocycles. The van der Waals surface area contributed by atoms with Gasteiger partial charge >= 0.3 is 0 Å². The first-order chi connectivity index (χ1) is 25.8. The molecule has 0 saturated carbocycles. The fourth-order valence-electron chi connectivity index (χ4n) is 9.46. The van der Waals surface area contributed by atoms with Crippen molar-refractivity contribution in [2.75, 3.05) is 0 Å². The standard InChI is InChI=1S/C48H36N2O2/c1-2-13-33(14-3-1)50-41-20-7-4-15-35(41)47-34(16-12-21-42(47)50)31-25-27-45-39(29-31)48(36-17-5-8-22-43(36)51-45)37-18-6-9-23-44(37)52-46-30-32(24-26-38(46)48)40-19-10-11-28-49-40/h1-9,12-15,17-18,20-30,34,40H,10-11,16,19H2. The van der Waals surface area contributed by atoms with E-state index < -0.39 is 5.41 Å². The molecule has 0 fully saturated rings. The second-order valence-corrected chi connectivity index (χ2v) is 14.4. The van der Waals surface area contributed by atoms with Crippen molar-refractivity contribution in [2.45, 2.75) is 43.1 Å². The lowest BCUT2D eigenvalue weighted by Gasteiger charge is -2.45. The van der Waals surface area contributed by atoms with Gasteiger partial charge in [0.2, 0.25) is 0 Å². The Hall–Kier alpha value is -6.13. The molecule has 52 heavy (non-hydrogen) atoms. The molecule has 11 rings (SSSR count). The van der Waals surface area contributed by atoms with Crippen LogP contribution < -0.4 is 9.47 Å². The normalized spacial score (nSPS) is 20.6. The zero-order valence-electron chi connectivity index (χ0n) is 28.7. The Morgan fingerprint density at radius 3 is 2.12 bits per heavy atom. The lowest BCUT2D eigenvalue weighted by Crippen LogP contribution is -2.37. The predicted octanol–water partition coefficient (Wildman–Crippen LogP) is 12.1. The van der Waals surface area contributed by atoms with Gasteiger partial charge in [-0.1, -0.05) is 97.1 Å². The molecule has 1 spiro atoms. The number of aliphatic imine (C=N–C) groups is 1. The van der Waals surface area contributed by atoms with Gasteiger partial charge in [-0.3, -0.25) is 4.99 Å². The van der Waals surface area contributed by atoms with Crippen molar-refractivity contribution in [3.8, 4) is 28.7 Å². The first-order valence-electron chi connectivity index (χ1n) is 18.5. The molecule has 4 heteroatoms. The van der Waals surface area contributed by atoms with Gasteiger partial charge in [0, 0.05) is 39.2 Å². The van der Waals surface area contributed by atoms with Crippen LogP contribution in [0, 0.1) is 0 Å². The topological polar surface area (TPSA) is 35.8 Å². The van der Waals surface area contributed by atoms with E-state index in [2.05, 4.69) is 162 Å². The number of hydrogen-bond acceptors (Lipinski definition) is 3. The minimum absolute atomic E-state index is 0.156. The van der Waals surface area contributed by atoms with Crippen molar-refractivity contribution < 1.29 is 9.47 Å². The summed E-state index contributed by atoms with van der Waals surface area (Å²) in [5.74, 6) is 3.68. The van der Waals surface area contributed by atoms with E-state index in [0.717, 1.165) is 70.9 Å². The maximum Gasteiger partial charge on any atom is 0.132 e. The molecule has 0 saturated heterocycles. The van der Waals surface area contributed by atoms with Crippen LogP contribution in [0.2, 0.25) is 0 Å². The Morgan fingerprint density at radius 2 is 1.31 bits per heavy atom. The van der Waals surface area contributed by atoms with Crippen LogP contribution in [0.25, 0.3) is 22.7 Å². The van der Waals surface area contributed by atoms with Crippen molar-refractivity contribution in [3.05, 3.63) is 190 Å². The lowest BCUT2D eigenvalue weighted by molar-refractivity contribution is 0.398. The second kappa shape index (κ2) is 11.4. The molecule has 3 unspecified atom stereocenters. The maximum atomic E-state index is 6.85. The van der Waals surface area contributed by atoms with Crippen molar-refractivity contribution in [1.29, 1.82) is 0 Å². The van der Waals surface area contributed by atoms with Crippen LogP contribution in [0.4, 0.5) is 0 Å². The third-order valence-corrected chi connectivity index (χ3v) is 11.7. The molecule has 6 aromatic carbocycles. The number of benzene rings is 6. The summed E-state index contributed by atoms with van der Waals surface area (Å²) in [6.07, 6.45) is 10.9. The maximum absolute atomic E-state index is 6.85. The minimum atomic E-state index is -0.649. The largest absolute Gasteiger partial charge is 0.457 e. The number of rotatable bonds is 3. The van der Waals surface area contributed by atoms with Crippen molar-refractivity contribution >= 4 is 23.2 Å². The van der Waals surface area contributed by atoms with E-state index in [9.17, 15) is 0 Å². The van der Waals surface area contributed by atoms with Crippen molar-refractivity contribution in [2.24, 2.45) is 4.99 Å². The number of aromatic nitrogens is 1. The fraction of sp³-hybridized carbons (Fsp3) is 0.146. The molecule has 4 aliphatic rings. The highest BCUT2D eigenvalue weighted by Gasteiger charge is 2.51. The van der Waals surface area contributed by atoms with E-state index in [1.807, 2.05) is 0 Å². The van der Waals surface area contributed by atoms with E-state index in [-0.39, 0.29) is 12.0 Å². The Kier molecular flexibility index (Phi) is 6.51. The summed E-state index contributed by atoms with van der Waals surface area (Å²) in [5, 5.41) is 1.30. The first kappa shape index (κ1) is 29.6. The van der Waals surface area contributed by atoms with E-state index in [4.69, 9.17) is 14.5 Å². The average molecular weight is 673 g/mol. The van der Waals surface area contributed by atoms with Gasteiger partial charge in [-0.25, -0.2) is 0 Å². The lowest BCUT2D eigenvalue weighted by atomic mass is 9.61. The van der Waals surface area contributed by atoms with Gasteiger partial charge in [0.15, 0.2) is 0 Å². The van der Waals surface area contributed by atoms with Crippen LogP contribution in [0.3, 0.4) is 0 Å². The summed E-state index contributed by atoms with van der Waals surface area (Å²) >= 11 is 0. The fourth-order valence-corrected chi connectivity index (χ4v) is 9.46. The van der Waals surface area contributed by atoms with E-state index in [1.54, 1.807) is 0 Å². The molecule has 0 N–H and O–H groups in total. The van der Waals surface area contributed by atoms with Crippen LogP contribution in [-0.4, -0.2) is 10.8 Å². The van der Waals surface area contributed by atoms with Gasteiger partial charge < -0.3 is 14.0 Å². The smallest absolute Gasteiger partial charge is 0.132 e. The quantitative estimate of drug-likeness (QED) is 0.187. The Bertz CT molecular complexity index is 2600. The molecule has 3 atom stereocenters. The molecule has 4 heterocycles. The minimum Gasteiger partial charge on any atom is -0.457 e. The second-order valence-electron chi connectivity index (χ2n) is 14.4. The summed E-state index contributed by atoms with van der Waals surface area (Å²) in [7, 11) is 0. The number of fused-ring (bicyclic) bond motifs is 11. The molecule has 1 aliphatic carbocycles. The Morgan fingerprint density at radius 1 is 0.615 bits per heavy atom. The Balaban J connectivity index is 1.16. The van der Waals surface area contributed by atoms with Crippen molar-refractivity contribution in [1.82, 2.24) is 4.57 Å². The molecule has 250 valence electrons. The SMILES string of the molecule is C1=Cc2c(c3ccccc3n2-c2ccccc2)C(c2ccc3c(c2)C2(c4ccccc4Oc4cc(C5CCCC=N5)ccc42)c2ccccc2O3)C1. The summed E-state index contributed by atoms with van der Waals surface area (Å²) in [6, 6.07) is 50.6. The van der Waals surface area contributed by atoms with Crippen LogP contribution in [0.5, 0.6) is 23.0 Å². The highest BCUT2D eigenvalue weighted by molar-refractivity contribution is 5.92. The molecular weight excluding hydrogens is 637 g/mol. The van der Waals surface area contributed by atoms with Crippen LogP contribution >= 0.6 is 0 Å². The molecule has 7 aromatic rings. The van der Waals surface area contributed by atoms with Gasteiger partial charge in [0.25, 0.3) is 0 Å². The number of ether oxygens (including phenoxy) is 2. The van der Waals surface area contributed by atoms with Gasteiger partial charge in [0.05, 0.1) is 22.7 Å². The highest BCUT2D eigenvalue weighted by Crippen LogP contribution is 2.62. The molecule has 4 nitrogen and oxygen atoms in total. The number of allylic oxidation sites excluding steroid dienone is 1. The zero-order chi connectivity index (χ0) is 34.2. The van der Waals surface area contributed by atoms with Gasteiger partial charge in [-0.05, 0) is 103 Å². The first-order valence-corrected chi connectivity index (χ1v) is 18.5. The molecule has 0 radical (unpaired) electrons. The monoisotopic (exact) mass is 672 g/mol. The molecular formula is C48H36N2O2. The summed E-state index contributed by atoms with van der Waals surface area (Å²) < 4.78 is 16.1. The van der Waals surface area contributed by atoms with Gasteiger partial charge in [0.1, 0.15) is 23.0 Å². The average Bonchev–Trinajstić information content (AvgIpc) is 3.56. The number of nitrogens with zero attached hydrogens (tertiary/aromatic N) is 2. The van der Waals surface area contributed by atoms with Crippen LogP contribution in [-0.2, 0) is 5.41 Å². The Labute approximate surface area is 303 Å². The summed E-state index contributed by atoms with van der Waals surface area (Å²) in [4.78, 5) is 4.89. The van der Waals surface area contributed by atoms with E-state index in [1.165, 1.54) is 39.0 Å². The van der Waals surface area contributed by atoms with Crippen LogP contribution in [0.1, 0.15) is 82.3 Å². The van der Waals surface area contributed by atoms with Gasteiger partial charge in [-0.15, -0.1) is 0 Å². The molecule has 3 aliphatic heterocycles.